The topological polar surface area (TPSA) is 74.0 Å². The summed E-state index contributed by atoms with van der Waals surface area (Å²) in [5, 5.41) is 11.5. The molecule has 5 nitrogen and oxygen atoms in total. The lowest BCUT2D eigenvalue weighted by atomic mass is 10.1. The fourth-order valence-electron chi connectivity index (χ4n) is 1.25. The van der Waals surface area contributed by atoms with Gasteiger partial charge in [0.15, 0.2) is 5.84 Å². The molecule has 2 heterocycles. The number of carboxylic acids is 1. The van der Waals surface area contributed by atoms with Gasteiger partial charge in [0, 0.05) is 18.2 Å². The van der Waals surface area contributed by atoms with Crippen LogP contribution in [0.3, 0.4) is 0 Å². The third-order valence-corrected chi connectivity index (χ3v) is 1.78. The van der Waals surface area contributed by atoms with Crippen LogP contribution in [0.4, 0.5) is 0 Å². The fourth-order valence-corrected chi connectivity index (χ4v) is 1.25. The van der Waals surface area contributed by atoms with Gasteiger partial charge in [-0.2, -0.15) is 0 Å². The number of carboxylic acid groups (broad SMARTS) is 1. The molecule has 2 aliphatic heterocycles. The maximum Gasteiger partial charge on any atom is 0.352 e. The van der Waals surface area contributed by atoms with E-state index in [9.17, 15) is 4.79 Å². The number of nitrogens with zero attached hydrogens (tertiary/aromatic N) is 2. The molecular weight excluding hydrogens is 158 g/mol. The maximum absolute atomic E-state index is 10.7. The zero-order chi connectivity index (χ0) is 8.55. The Kier molecular flexibility index (Phi) is 1.43. The minimum Gasteiger partial charge on any atom is -0.477 e. The van der Waals surface area contributed by atoms with Crippen molar-refractivity contribution in [3.63, 3.8) is 0 Å². The monoisotopic (exact) mass is 165 g/mol. The van der Waals surface area contributed by atoms with Gasteiger partial charge in [-0.25, -0.2) is 14.8 Å². The summed E-state index contributed by atoms with van der Waals surface area (Å²) >= 11 is 0. The second kappa shape index (κ2) is 2.44. The zero-order valence-corrected chi connectivity index (χ0v) is 6.24. The second-order valence-corrected chi connectivity index (χ2v) is 2.49. The van der Waals surface area contributed by atoms with Crippen molar-refractivity contribution >= 4 is 18.0 Å². The molecule has 0 saturated heterocycles. The molecule has 0 aromatic heterocycles. The summed E-state index contributed by atoms with van der Waals surface area (Å²) in [6.45, 7) is 0.303. The number of amidine groups is 1. The molecule has 5 heteroatoms. The summed E-state index contributed by atoms with van der Waals surface area (Å²) in [4.78, 5) is 18.6. The van der Waals surface area contributed by atoms with Crippen molar-refractivity contribution in [2.75, 3.05) is 6.67 Å². The summed E-state index contributed by atoms with van der Waals surface area (Å²) in [7, 11) is 0. The van der Waals surface area contributed by atoms with Crippen LogP contribution < -0.4 is 5.32 Å². The first-order valence-corrected chi connectivity index (χ1v) is 3.56. The Morgan fingerprint density at radius 1 is 1.67 bits per heavy atom. The predicted octanol–water partition coefficient (Wildman–Crippen LogP) is -0.241. The van der Waals surface area contributed by atoms with Gasteiger partial charge in [0.05, 0.1) is 0 Å². The van der Waals surface area contributed by atoms with E-state index in [2.05, 4.69) is 15.3 Å². The maximum atomic E-state index is 10.7. The molecule has 12 heavy (non-hydrogen) atoms. The average Bonchev–Trinajstić information content (AvgIpc) is 2.49. The first-order valence-electron chi connectivity index (χ1n) is 3.56. The first kappa shape index (κ1) is 7.02. The van der Waals surface area contributed by atoms with Crippen LogP contribution in [0.15, 0.2) is 21.3 Å². The minimum atomic E-state index is -0.942. The van der Waals surface area contributed by atoms with E-state index in [0.717, 1.165) is 0 Å². The van der Waals surface area contributed by atoms with E-state index in [1.807, 2.05) is 0 Å². The summed E-state index contributed by atoms with van der Waals surface area (Å²) in [5.74, 6) is -0.381. The third kappa shape index (κ3) is 0.903. The summed E-state index contributed by atoms with van der Waals surface area (Å²) in [5.41, 5.74) is 0.922. The van der Waals surface area contributed by atoms with Crippen molar-refractivity contribution < 1.29 is 9.90 Å². The second-order valence-electron chi connectivity index (χ2n) is 2.49. The Morgan fingerprint density at radius 3 is 3.25 bits per heavy atom. The molecule has 0 aromatic carbocycles. The quantitative estimate of drug-likeness (QED) is 0.563. The number of hydrogen-bond donors (Lipinski definition) is 2. The molecule has 0 bridgehead atoms. The number of aliphatic carboxylic acids is 1. The van der Waals surface area contributed by atoms with E-state index in [1.54, 1.807) is 6.21 Å². The highest BCUT2D eigenvalue weighted by molar-refractivity contribution is 6.13. The van der Waals surface area contributed by atoms with Crippen molar-refractivity contribution in [3.8, 4) is 0 Å². The lowest BCUT2D eigenvalue weighted by Crippen LogP contribution is -2.27. The minimum absolute atomic E-state index is 0.234. The molecule has 0 saturated carbocycles. The summed E-state index contributed by atoms with van der Waals surface area (Å²) in [6, 6.07) is 0. The van der Waals surface area contributed by atoms with Gasteiger partial charge in [-0.15, -0.1) is 0 Å². The highest BCUT2D eigenvalue weighted by atomic mass is 16.4. The standard InChI is InChI=1S/C7H7N3O2/c11-7(12)5-4-1-2-8-6(4)10-3-9-5/h2,9H,1,3H2,(H,11,12). The SMILES string of the molecule is O=C(O)C1=C2CC=NC2=NCN1. The van der Waals surface area contributed by atoms with Gasteiger partial charge in [0.1, 0.15) is 12.4 Å². The van der Waals surface area contributed by atoms with E-state index in [0.29, 0.717) is 24.5 Å². The normalized spacial score (nSPS) is 20.2. The van der Waals surface area contributed by atoms with Crippen LogP contribution >= 0.6 is 0 Å². The predicted molar refractivity (Wildman–Crippen MR) is 43.2 cm³/mol. The van der Waals surface area contributed by atoms with Crippen LogP contribution in [-0.4, -0.2) is 29.8 Å². The van der Waals surface area contributed by atoms with E-state index in [4.69, 9.17) is 5.11 Å². The van der Waals surface area contributed by atoms with Crippen LogP contribution in [0.1, 0.15) is 6.42 Å². The molecule has 2 aliphatic rings. The van der Waals surface area contributed by atoms with Gasteiger partial charge in [0.2, 0.25) is 0 Å². The van der Waals surface area contributed by atoms with Gasteiger partial charge in [-0.05, 0) is 0 Å². The van der Waals surface area contributed by atoms with Crippen LogP contribution in [0, 0.1) is 0 Å². The molecular formula is C7H7N3O2. The summed E-state index contributed by atoms with van der Waals surface area (Å²) in [6.07, 6.45) is 2.23. The Balaban J connectivity index is 2.44. The van der Waals surface area contributed by atoms with Gasteiger partial charge in [-0.1, -0.05) is 0 Å². The van der Waals surface area contributed by atoms with Crippen molar-refractivity contribution in [2.45, 2.75) is 6.42 Å². The lowest BCUT2D eigenvalue weighted by Gasteiger charge is -2.12. The van der Waals surface area contributed by atoms with Gasteiger partial charge in [0.25, 0.3) is 0 Å². The van der Waals surface area contributed by atoms with E-state index in [1.165, 1.54) is 0 Å². The highest BCUT2D eigenvalue weighted by Crippen LogP contribution is 2.17. The van der Waals surface area contributed by atoms with Crippen LogP contribution in [-0.2, 0) is 4.79 Å². The number of carbonyl (C=O) groups is 1. The lowest BCUT2D eigenvalue weighted by molar-refractivity contribution is -0.133. The van der Waals surface area contributed by atoms with Gasteiger partial charge < -0.3 is 10.4 Å². The Labute approximate surface area is 68.5 Å². The molecule has 0 unspecified atom stereocenters. The van der Waals surface area contributed by atoms with Crippen LogP contribution in [0.2, 0.25) is 0 Å². The van der Waals surface area contributed by atoms with Crippen LogP contribution in [0.25, 0.3) is 0 Å². The van der Waals surface area contributed by atoms with Gasteiger partial charge >= 0.3 is 5.97 Å². The highest BCUT2D eigenvalue weighted by Gasteiger charge is 2.23. The van der Waals surface area contributed by atoms with Gasteiger partial charge in [-0.3, -0.25) is 0 Å². The molecule has 62 valence electrons. The zero-order valence-electron chi connectivity index (χ0n) is 6.24. The van der Waals surface area contributed by atoms with Crippen molar-refractivity contribution in [2.24, 2.45) is 9.98 Å². The van der Waals surface area contributed by atoms with Crippen molar-refractivity contribution in [3.05, 3.63) is 11.3 Å². The van der Waals surface area contributed by atoms with E-state index in [-0.39, 0.29) is 5.70 Å². The molecule has 0 spiro atoms. The Bertz CT molecular complexity index is 328. The Hall–Kier alpha value is -1.65. The molecule has 0 amide bonds. The molecule has 0 atom stereocenters. The average molecular weight is 165 g/mol. The molecule has 0 radical (unpaired) electrons. The molecule has 2 rings (SSSR count). The van der Waals surface area contributed by atoms with Crippen LogP contribution in [0.5, 0.6) is 0 Å². The molecule has 0 aliphatic carbocycles. The molecule has 0 aromatic rings. The molecule has 2 N–H and O–H groups in total. The number of aliphatic imine (C=N–C) groups is 2. The number of hydrogen-bond acceptors (Lipinski definition) is 4. The smallest absolute Gasteiger partial charge is 0.352 e. The number of nitrogens with one attached hydrogen (secondary N) is 1. The fraction of sp³-hybridized carbons (Fsp3) is 0.286. The number of fused-ring (bicyclic) bond motifs is 1. The van der Waals surface area contributed by atoms with E-state index < -0.39 is 5.97 Å². The Morgan fingerprint density at radius 2 is 2.50 bits per heavy atom. The first-order chi connectivity index (χ1) is 5.79. The van der Waals surface area contributed by atoms with E-state index >= 15 is 0 Å². The third-order valence-electron chi connectivity index (χ3n) is 1.78. The van der Waals surface area contributed by atoms with Crippen molar-refractivity contribution in [1.82, 2.24) is 5.32 Å². The van der Waals surface area contributed by atoms with Crippen molar-refractivity contribution in [1.29, 1.82) is 0 Å². The number of rotatable bonds is 1. The largest absolute Gasteiger partial charge is 0.477 e. The molecule has 0 fully saturated rings. The summed E-state index contributed by atoms with van der Waals surface area (Å²) < 4.78 is 0.